The molecule has 0 saturated heterocycles. The summed E-state index contributed by atoms with van der Waals surface area (Å²) >= 11 is 1.86. The Morgan fingerprint density at radius 1 is 0.447 bits per heavy atom. The number of benzene rings is 8. The van der Waals surface area contributed by atoms with Crippen molar-refractivity contribution in [3.05, 3.63) is 164 Å². The van der Waals surface area contributed by atoms with Gasteiger partial charge in [-0.05, 0) is 81.2 Å². The summed E-state index contributed by atoms with van der Waals surface area (Å²) in [6.07, 6.45) is 0. The molecule has 2 heterocycles. The zero-order valence-corrected chi connectivity index (χ0v) is 26.2. The molecule has 2 nitrogen and oxygen atoms in total. The van der Waals surface area contributed by atoms with Gasteiger partial charge in [-0.25, -0.2) is 0 Å². The minimum atomic E-state index is 0.911. The van der Waals surface area contributed by atoms with Gasteiger partial charge < -0.3 is 9.32 Å². The number of para-hydroxylation sites is 1. The molecule has 0 fully saturated rings. The first kappa shape index (κ1) is 26.3. The molecule has 0 amide bonds. The minimum Gasteiger partial charge on any atom is -0.456 e. The van der Waals surface area contributed by atoms with Crippen LogP contribution in [-0.2, 0) is 0 Å². The Hall–Kier alpha value is -5.90. The van der Waals surface area contributed by atoms with Crippen molar-refractivity contribution in [2.24, 2.45) is 0 Å². The predicted octanol–water partition coefficient (Wildman–Crippen LogP) is 13.4. The SMILES string of the molecule is c1ccc2c(c1)ccc1ccc(N(c3ccc(-c4cccc5oc6ccccc6c45)cc3)c3cccc4c3sc3ccccc34)cc12. The van der Waals surface area contributed by atoms with Crippen LogP contribution in [0.3, 0.4) is 0 Å². The Balaban J connectivity index is 1.19. The van der Waals surface area contributed by atoms with Crippen LogP contribution < -0.4 is 4.90 Å². The molecule has 0 aliphatic rings. The van der Waals surface area contributed by atoms with Crippen molar-refractivity contribution in [1.82, 2.24) is 0 Å². The van der Waals surface area contributed by atoms with Crippen molar-refractivity contribution in [2.45, 2.75) is 0 Å². The van der Waals surface area contributed by atoms with Crippen LogP contribution in [0.25, 0.3) is 74.8 Å². The second-order valence-electron chi connectivity index (χ2n) is 12.1. The van der Waals surface area contributed by atoms with Gasteiger partial charge in [0, 0.05) is 37.6 Å². The zero-order chi connectivity index (χ0) is 30.9. The number of anilines is 3. The monoisotopic (exact) mass is 617 g/mol. The van der Waals surface area contributed by atoms with E-state index in [-0.39, 0.29) is 0 Å². The Morgan fingerprint density at radius 2 is 1.11 bits per heavy atom. The van der Waals surface area contributed by atoms with Crippen LogP contribution in [0.2, 0.25) is 0 Å². The molecule has 10 rings (SSSR count). The van der Waals surface area contributed by atoms with Gasteiger partial charge in [0.2, 0.25) is 0 Å². The molecule has 0 radical (unpaired) electrons. The van der Waals surface area contributed by atoms with Gasteiger partial charge in [0.1, 0.15) is 11.2 Å². The molecule has 0 atom stereocenters. The molecule has 0 saturated carbocycles. The molecule has 47 heavy (non-hydrogen) atoms. The molecule has 8 aromatic carbocycles. The Morgan fingerprint density at radius 3 is 2.00 bits per heavy atom. The highest BCUT2D eigenvalue weighted by atomic mass is 32.1. The van der Waals surface area contributed by atoms with E-state index in [1.807, 2.05) is 23.5 Å². The molecule has 0 N–H and O–H groups in total. The molecule has 0 aliphatic heterocycles. The van der Waals surface area contributed by atoms with Crippen molar-refractivity contribution in [3.8, 4) is 11.1 Å². The Labute approximate surface area is 275 Å². The maximum atomic E-state index is 6.22. The summed E-state index contributed by atoms with van der Waals surface area (Å²) in [7, 11) is 0. The number of fused-ring (bicyclic) bond motifs is 9. The van der Waals surface area contributed by atoms with E-state index < -0.39 is 0 Å². The molecule has 10 aromatic rings. The van der Waals surface area contributed by atoms with Gasteiger partial charge in [-0.1, -0.05) is 115 Å². The lowest BCUT2D eigenvalue weighted by Gasteiger charge is -2.27. The van der Waals surface area contributed by atoms with Crippen LogP contribution in [-0.4, -0.2) is 0 Å². The quantitative estimate of drug-likeness (QED) is 0.183. The lowest BCUT2D eigenvalue weighted by atomic mass is 9.98. The van der Waals surface area contributed by atoms with Gasteiger partial charge in [-0.3, -0.25) is 0 Å². The van der Waals surface area contributed by atoms with E-state index in [4.69, 9.17) is 4.42 Å². The van der Waals surface area contributed by atoms with Gasteiger partial charge in [-0.15, -0.1) is 11.3 Å². The third kappa shape index (κ3) is 4.10. The van der Waals surface area contributed by atoms with Gasteiger partial charge in [-0.2, -0.15) is 0 Å². The summed E-state index contributed by atoms with van der Waals surface area (Å²) in [5.41, 5.74) is 7.59. The van der Waals surface area contributed by atoms with Crippen molar-refractivity contribution in [2.75, 3.05) is 4.90 Å². The van der Waals surface area contributed by atoms with Crippen LogP contribution in [0, 0.1) is 0 Å². The fraction of sp³-hybridized carbons (Fsp3) is 0. The maximum absolute atomic E-state index is 6.22. The van der Waals surface area contributed by atoms with E-state index >= 15 is 0 Å². The molecule has 0 unspecified atom stereocenters. The van der Waals surface area contributed by atoms with Crippen LogP contribution in [0.5, 0.6) is 0 Å². The third-order valence-electron chi connectivity index (χ3n) is 9.45. The maximum Gasteiger partial charge on any atom is 0.136 e. The smallest absolute Gasteiger partial charge is 0.136 e. The number of hydrogen-bond donors (Lipinski definition) is 0. The number of hydrogen-bond acceptors (Lipinski definition) is 3. The Kier molecular flexibility index (Phi) is 5.78. The van der Waals surface area contributed by atoms with E-state index in [1.165, 1.54) is 53.0 Å². The lowest BCUT2D eigenvalue weighted by Crippen LogP contribution is -2.10. The molecule has 0 spiro atoms. The number of thiophene rings is 1. The summed E-state index contributed by atoms with van der Waals surface area (Å²) in [4.78, 5) is 2.43. The number of rotatable bonds is 4. The van der Waals surface area contributed by atoms with Gasteiger partial charge in [0.25, 0.3) is 0 Å². The van der Waals surface area contributed by atoms with Crippen LogP contribution in [0.1, 0.15) is 0 Å². The first-order chi connectivity index (χ1) is 23.3. The molecular formula is C44H27NOS. The summed E-state index contributed by atoms with van der Waals surface area (Å²) in [6.45, 7) is 0. The number of nitrogens with zero attached hydrogens (tertiary/aromatic N) is 1. The molecule has 0 bridgehead atoms. The zero-order valence-electron chi connectivity index (χ0n) is 25.4. The summed E-state index contributed by atoms with van der Waals surface area (Å²) in [5.74, 6) is 0. The fourth-order valence-corrected chi connectivity index (χ4v) is 8.48. The first-order valence-corrected chi connectivity index (χ1v) is 16.7. The normalized spacial score (nSPS) is 11.8. The van der Waals surface area contributed by atoms with Crippen LogP contribution in [0.4, 0.5) is 17.1 Å². The topological polar surface area (TPSA) is 16.4 Å². The molecular weight excluding hydrogens is 591 g/mol. The second kappa shape index (κ2) is 10.3. The van der Waals surface area contributed by atoms with E-state index in [2.05, 4.69) is 157 Å². The van der Waals surface area contributed by atoms with E-state index in [9.17, 15) is 0 Å². The van der Waals surface area contributed by atoms with E-state index in [1.54, 1.807) is 0 Å². The van der Waals surface area contributed by atoms with Gasteiger partial charge >= 0.3 is 0 Å². The predicted molar refractivity (Wildman–Crippen MR) is 202 cm³/mol. The van der Waals surface area contributed by atoms with E-state index in [0.29, 0.717) is 0 Å². The Bertz CT molecular complexity index is 2810. The van der Waals surface area contributed by atoms with Crippen molar-refractivity contribution < 1.29 is 4.42 Å². The highest BCUT2D eigenvalue weighted by Crippen LogP contribution is 2.46. The number of furan rings is 1. The third-order valence-corrected chi connectivity index (χ3v) is 10.7. The molecule has 220 valence electrons. The van der Waals surface area contributed by atoms with E-state index in [0.717, 1.165) is 38.9 Å². The first-order valence-electron chi connectivity index (χ1n) is 15.9. The average Bonchev–Trinajstić information content (AvgIpc) is 3.71. The summed E-state index contributed by atoms with van der Waals surface area (Å²) in [6, 6.07) is 59.1. The lowest BCUT2D eigenvalue weighted by molar-refractivity contribution is 0.669. The minimum absolute atomic E-state index is 0.911. The molecule has 2 aromatic heterocycles. The fourth-order valence-electron chi connectivity index (χ4n) is 7.27. The summed E-state index contributed by atoms with van der Waals surface area (Å²) in [5, 5.41) is 9.90. The van der Waals surface area contributed by atoms with Gasteiger partial charge in [0.05, 0.1) is 10.4 Å². The molecule has 0 aliphatic carbocycles. The standard InChI is InChI=1S/C44H27NOS/c1-2-10-33-28(9-1)19-20-30-23-26-32(27-38(30)33)45(39-15-7-14-36-35-11-4-6-18-42(35)47-44(36)39)31-24-21-29(22-25-31)34-13-8-17-41-43(34)37-12-3-5-16-40(37)46-41/h1-27H. The van der Waals surface area contributed by atoms with Crippen molar-refractivity contribution in [1.29, 1.82) is 0 Å². The second-order valence-corrected chi connectivity index (χ2v) is 13.2. The van der Waals surface area contributed by atoms with Gasteiger partial charge in [0.15, 0.2) is 0 Å². The molecule has 3 heteroatoms. The van der Waals surface area contributed by atoms with Crippen molar-refractivity contribution in [3.63, 3.8) is 0 Å². The highest BCUT2D eigenvalue weighted by molar-refractivity contribution is 7.26. The highest BCUT2D eigenvalue weighted by Gasteiger charge is 2.19. The average molecular weight is 618 g/mol. The largest absolute Gasteiger partial charge is 0.456 e. The summed E-state index contributed by atoms with van der Waals surface area (Å²) < 4.78 is 8.80. The van der Waals surface area contributed by atoms with Crippen LogP contribution in [0.15, 0.2) is 168 Å². The van der Waals surface area contributed by atoms with Crippen molar-refractivity contribution >= 4 is 92.1 Å². The van der Waals surface area contributed by atoms with Crippen LogP contribution >= 0.6 is 11.3 Å².